The highest BCUT2D eigenvalue weighted by Gasteiger charge is 2.21. The maximum absolute atomic E-state index is 12.7. The molecule has 3 aromatic rings. The van der Waals surface area contributed by atoms with Gasteiger partial charge >= 0.3 is 5.69 Å². The Morgan fingerprint density at radius 3 is 2.59 bits per heavy atom. The highest BCUT2D eigenvalue weighted by Crippen LogP contribution is 2.24. The van der Waals surface area contributed by atoms with Gasteiger partial charge in [0.25, 0.3) is 5.56 Å². The minimum absolute atomic E-state index is 0.169. The third-order valence-electron chi connectivity index (χ3n) is 5.10. The summed E-state index contributed by atoms with van der Waals surface area (Å²) in [6.07, 6.45) is 3.37. The molecule has 0 saturated heterocycles. The number of nitrogen functional groups attached to an aromatic ring is 1. The lowest BCUT2D eigenvalue weighted by Gasteiger charge is -2.25. The Labute approximate surface area is 186 Å². The minimum Gasteiger partial charge on any atom is -0.497 e. The molecule has 0 aliphatic heterocycles. The second-order valence-electron chi connectivity index (χ2n) is 8.15. The molecule has 1 aromatic carbocycles. The Balaban J connectivity index is 1.94. The lowest BCUT2D eigenvalue weighted by molar-refractivity contribution is 0.415. The number of ether oxygens (including phenoxy) is 1. The molecule has 0 saturated carbocycles. The van der Waals surface area contributed by atoms with Gasteiger partial charge < -0.3 is 19.8 Å². The molecule has 0 fully saturated rings. The molecular weight excluding hydrogens is 410 g/mol. The number of unbranched alkanes of at least 4 members (excludes halogenated alkanes) is 1. The monoisotopic (exact) mass is 441 g/mol. The van der Waals surface area contributed by atoms with E-state index in [0.29, 0.717) is 31.2 Å². The first kappa shape index (κ1) is 23.2. The fraction of sp³-hybridized carbons (Fsp3) is 0.435. The van der Waals surface area contributed by atoms with Crippen LogP contribution in [0.3, 0.4) is 0 Å². The molecule has 3 rings (SSSR count). The van der Waals surface area contributed by atoms with E-state index < -0.39 is 11.2 Å². The number of H-pyrrole nitrogens is 1. The molecule has 0 aliphatic rings. The Kier molecular flexibility index (Phi) is 7.40. The van der Waals surface area contributed by atoms with Gasteiger partial charge in [0.05, 0.1) is 19.3 Å². The maximum Gasteiger partial charge on any atom is 0.330 e. The van der Waals surface area contributed by atoms with Gasteiger partial charge in [-0.2, -0.15) is 0 Å². The second kappa shape index (κ2) is 10.2. The molecule has 0 bridgehead atoms. The molecule has 0 radical (unpaired) electrons. The lowest BCUT2D eigenvalue weighted by atomic mass is 10.2. The van der Waals surface area contributed by atoms with E-state index in [0.717, 1.165) is 24.2 Å². The van der Waals surface area contributed by atoms with Crippen molar-refractivity contribution in [3.8, 4) is 17.2 Å². The first-order chi connectivity index (χ1) is 15.3. The number of nitrogens with two attached hydrogens (primary N) is 1. The number of benzene rings is 1. The van der Waals surface area contributed by atoms with Crippen LogP contribution in [-0.4, -0.2) is 28.2 Å². The van der Waals surface area contributed by atoms with Gasteiger partial charge in [0.1, 0.15) is 23.5 Å². The van der Waals surface area contributed by atoms with Crippen molar-refractivity contribution in [2.24, 2.45) is 5.92 Å². The van der Waals surface area contributed by atoms with E-state index in [4.69, 9.17) is 14.9 Å². The molecule has 0 aliphatic carbocycles. The normalized spacial score (nSPS) is 11.2. The SMILES string of the molecule is CCCCN(Cc1coc(-c2ccc(OC)cc2)n1)c1c(N)n(CC(C)C)c(=O)[nH]c1=O. The Hall–Kier alpha value is -3.49. The smallest absolute Gasteiger partial charge is 0.330 e. The van der Waals surface area contributed by atoms with Crippen LogP contribution in [0.25, 0.3) is 11.5 Å². The van der Waals surface area contributed by atoms with E-state index in [1.54, 1.807) is 13.4 Å². The van der Waals surface area contributed by atoms with Crippen LogP contribution in [0.2, 0.25) is 0 Å². The van der Waals surface area contributed by atoms with Crippen molar-refractivity contribution in [3.05, 3.63) is 57.1 Å². The molecule has 9 heteroatoms. The van der Waals surface area contributed by atoms with Gasteiger partial charge in [-0.3, -0.25) is 14.3 Å². The molecule has 2 aromatic heterocycles. The Morgan fingerprint density at radius 2 is 1.97 bits per heavy atom. The zero-order valence-electron chi connectivity index (χ0n) is 19.1. The molecule has 172 valence electrons. The molecule has 9 nitrogen and oxygen atoms in total. The van der Waals surface area contributed by atoms with Crippen LogP contribution >= 0.6 is 0 Å². The fourth-order valence-electron chi connectivity index (χ4n) is 3.49. The fourth-order valence-corrected chi connectivity index (χ4v) is 3.49. The number of hydrogen-bond donors (Lipinski definition) is 2. The molecule has 0 amide bonds. The summed E-state index contributed by atoms with van der Waals surface area (Å²) in [7, 11) is 1.61. The first-order valence-corrected chi connectivity index (χ1v) is 10.8. The van der Waals surface area contributed by atoms with Gasteiger partial charge in [0.2, 0.25) is 5.89 Å². The third-order valence-corrected chi connectivity index (χ3v) is 5.10. The van der Waals surface area contributed by atoms with Crippen LogP contribution in [0.5, 0.6) is 5.75 Å². The van der Waals surface area contributed by atoms with Gasteiger partial charge in [-0.25, -0.2) is 9.78 Å². The Bertz CT molecular complexity index is 1140. The predicted molar refractivity (Wildman–Crippen MR) is 125 cm³/mol. The highest BCUT2D eigenvalue weighted by molar-refractivity contribution is 5.62. The van der Waals surface area contributed by atoms with Crippen molar-refractivity contribution in [1.82, 2.24) is 14.5 Å². The maximum atomic E-state index is 12.7. The number of oxazole rings is 1. The summed E-state index contributed by atoms with van der Waals surface area (Å²) in [6, 6.07) is 7.41. The number of rotatable bonds is 10. The van der Waals surface area contributed by atoms with Crippen LogP contribution in [0, 0.1) is 5.92 Å². The quantitative estimate of drug-likeness (QED) is 0.496. The van der Waals surface area contributed by atoms with Crippen molar-refractivity contribution in [2.75, 3.05) is 24.3 Å². The molecule has 0 atom stereocenters. The number of nitrogens with one attached hydrogen (secondary N) is 1. The van der Waals surface area contributed by atoms with Crippen LogP contribution in [-0.2, 0) is 13.1 Å². The third kappa shape index (κ3) is 5.22. The summed E-state index contributed by atoms with van der Waals surface area (Å²) in [6.45, 7) is 7.38. The zero-order valence-corrected chi connectivity index (χ0v) is 19.1. The lowest BCUT2D eigenvalue weighted by Crippen LogP contribution is -2.39. The number of methoxy groups -OCH3 is 1. The van der Waals surface area contributed by atoms with E-state index in [2.05, 4.69) is 16.9 Å². The summed E-state index contributed by atoms with van der Waals surface area (Å²) in [5.41, 5.74) is 7.10. The number of nitrogens with zero attached hydrogens (tertiary/aromatic N) is 3. The van der Waals surface area contributed by atoms with Crippen molar-refractivity contribution in [2.45, 2.75) is 46.7 Å². The molecular formula is C23H31N5O4. The standard InChI is InChI=1S/C23H31N5O4/c1-5-6-11-27(19-20(24)28(12-15(2)3)23(30)26-21(19)29)13-17-14-32-22(25-17)16-7-9-18(31-4)10-8-16/h7-10,14-15H,5-6,11-13,24H2,1-4H3,(H,26,29,30). The first-order valence-electron chi connectivity index (χ1n) is 10.8. The minimum atomic E-state index is -0.498. The van der Waals surface area contributed by atoms with Crippen LogP contribution < -0.4 is 26.6 Å². The van der Waals surface area contributed by atoms with Crippen molar-refractivity contribution < 1.29 is 9.15 Å². The predicted octanol–water partition coefficient (Wildman–Crippen LogP) is 3.25. The largest absolute Gasteiger partial charge is 0.497 e. The highest BCUT2D eigenvalue weighted by atomic mass is 16.5. The van der Waals surface area contributed by atoms with Crippen LogP contribution in [0.15, 0.2) is 44.5 Å². The van der Waals surface area contributed by atoms with E-state index in [9.17, 15) is 9.59 Å². The van der Waals surface area contributed by atoms with Crippen molar-refractivity contribution in [3.63, 3.8) is 0 Å². The summed E-state index contributed by atoms with van der Waals surface area (Å²) < 4.78 is 12.3. The molecule has 3 N–H and O–H groups in total. The summed E-state index contributed by atoms with van der Waals surface area (Å²) in [5, 5.41) is 0. The number of aromatic amines is 1. The van der Waals surface area contributed by atoms with E-state index in [1.807, 2.05) is 43.0 Å². The second-order valence-corrected chi connectivity index (χ2v) is 8.15. The van der Waals surface area contributed by atoms with E-state index in [-0.39, 0.29) is 17.4 Å². The topological polar surface area (TPSA) is 119 Å². The van der Waals surface area contributed by atoms with Gasteiger partial charge in [-0.15, -0.1) is 0 Å². The summed E-state index contributed by atoms with van der Waals surface area (Å²) >= 11 is 0. The van der Waals surface area contributed by atoms with Crippen molar-refractivity contribution >= 4 is 11.5 Å². The average molecular weight is 442 g/mol. The van der Waals surface area contributed by atoms with Gasteiger partial charge in [0.15, 0.2) is 0 Å². The van der Waals surface area contributed by atoms with Gasteiger partial charge in [0, 0.05) is 18.7 Å². The average Bonchev–Trinajstić information content (AvgIpc) is 3.23. The van der Waals surface area contributed by atoms with E-state index in [1.165, 1.54) is 4.57 Å². The molecule has 0 spiro atoms. The Morgan fingerprint density at radius 1 is 1.25 bits per heavy atom. The number of anilines is 2. The molecule has 32 heavy (non-hydrogen) atoms. The van der Waals surface area contributed by atoms with Gasteiger partial charge in [-0.05, 0) is 36.6 Å². The molecule has 2 heterocycles. The van der Waals surface area contributed by atoms with Gasteiger partial charge in [-0.1, -0.05) is 27.2 Å². The molecule has 0 unspecified atom stereocenters. The number of aromatic nitrogens is 3. The summed E-state index contributed by atoms with van der Waals surface area (Å²) in [4.78, 5) is 33.9. The zero-order chi connectivity index (χ0) is 23.3. The van der Waals surface area contributed by atoms with E-state index >= 15 is 0 Å². The van der Waals surface area contributed by atoms with Crippen molar-refractivity contribution in [1.29, 1.82) is 0 Å². The van der Waals surface area contributed by atoms with Crippen LogP contribution in [0.1, 0.15) is 39.3 Å². The number of hydrogen-bond acceptors (Lipinski definition) is 7. The van der Waals surface area contributed by atoms with Crippen LogP contribution in [0.4, 0.5) is 11.5 Å². The summed E-state index contributed by atoms with van der Waals surface area (Å²) in [5.74, 6) is 1.59.